The van der Waals surface area contributed by atoms with E-state index in [2.05, 4.69) is 5.32 Å². The molecule has 0 aromatic carbocycles. The molecule has 0 unspecified atom stereocenters. The van der Waals surface area contributed by atoms with E-state index in [-0.39, 0.29) is 17.2 Å². The van der Waals surface area contributed by atoms with Gasteiger partial charge < -0.3 is 15.0 Å². The Kier molecular flexibility index (Phi) is 5.94. The van der Waals surface area contributed by atoms with E-state index in [1.807, 2.05) is 0 Å². The second-order valence-corrected chi connectivity index (χ2v) is 6.76. The molecule has 0 aliphatic rings. The van der Waals surface area contributed by atoms with Gasteiger partial charge in [0.25, 0.3) is 5.91 Å². The van der Waals surface area contributed by atoms with Crippen LogP contribution in [-0.2, 0) is 17.1 Å². The summed E-state index contributed by atoms with van der Waals surface area (Å²) in [5.74, 6) is -0.417. The summed E-state index contributed by atoms with van der Waals surface area (Å²) in [6.45, 7) is 5.75. The first-order valence-corrected chi connectivity index (χ1v) is 8.30. The lowest BCUT2D eigenvalue weighted by Crippen LogP contribution is -2.35. The van der Waals surface area contributed by atoms with Gasteiger partial charge in [0.05, 0.1) is 6.61 Å². The number of rotatable bonds is 7. The number of nitrogens with zero attached hydrogens (tertiary/aromatic N) is 2. The third-order valence-electron chi connectivity index (χ3n) is 3.21. The number of carbonyl (C=O) groups is 1. The van der Waals surface area contributed by atoms with Crippen LogP contribution in [0, 0.1) is 0 Å². The third-order valence-corrected chi connectivity index (χ3v) is 5.22. The van der Waals surface area contributed by atoms with E-state index >= 15 is 0 Å². The van der Waals surface area contributed by atoms with Crippen molar-refractivity contribution in [3.05, 3.63) is 18.0 Å². The van der Waals surface area contributed by atoms with Crippen LogP contribution in [0.15, 0.2) is 17.2 Å². The minimum absolute atomic E-state index is 0.0931. The van der Waals surface area contributed by atoms with Crippen molar-refractivity contribution in [2.75, 3.05) is 19.7 Å². The number of aliphatic hydroxyl groups excluding tert-OH is 1. The smallest absolute Gasteiger partial charge is 0.268 e. The zero-order valence-corrected chi connectivity index (χ0v) is 13.6. The molecule has 0 fully saturated rings. The van der Waals surface area contributed by atoms with Crippen molar-refractivity contribution in [1.82, 2.24) is 14.2 Å². The molecule has 7 nitrogen and oxygen atoms in total. The average Bonchev–Trinajstić information content (AvgIpc) is 2.82. The topological polar surface area (TPSA) is 91.6 Å². The van der Waals surface area contributed by atoms with Crippen molar-refractivity contribution in [3.8, 4) is 0 Å². The third kappa shape index (κ3) is 3.84. The van der Waals surface area contributed by atoms with E-state index in [0.717, 1.165) is 0 Å². The van der Waals surface area contributed by atoms with Crippen molar-refractivity contribution >= 4 is 15.9 Å². The summed E-state index contributed by atoms with van der Waals surface area (Å²) in [7, 11) is -1.98. The Labute approximate surface area is 125 Å². The summed E-state index contributed by atoms with van der Waals surface area (Å²) in [6, 6.07) is 0.961. The number of aliphatic hydroxyl groups is 1. The van der Waals surface area contributed by atoms with Gasteiger partial charge in [-0.15, -0.1) is 0 Å². The standard InChI is InChI=1S/C13H23N3O4S/c1-5-16(6-2)21(19,20)11-7-12(15(4)8-11)13(18)14-10(3)9-17/h7-8,10,17H,5-6,9H2,1-4H3,(H,14,18)/t10-/m1/s1. The minimum atomic E-state index is -3.59. The molecule has 1 aromatic heterocycles. The monoisotopic (exact) mass is 317 g/mol. The highest BCUT2D eigenvalue weighted by Gasteiger charge is 2.25. The van der Waals surface area contributed by atoms with Gasteiger partial charge in [0.15, 0.2) is 0 Å². The molecule has 1 heterocycles. The molecule has 0 spiro atoms. The zero-order valence-electron chi connectivity index (χ0n) is 12.8. The lowest BCUT2D eigenvalue weighted by atomic mass is 10.3. The van der Waals surface area contributed by atoms with E-state index < -0.39 is 22.0 Å². The molecule has 120 valence electrons. The molecular weight excluding hydrogens is 294 g/mol. The number of sulfonamides is 1. The van der Waals surface area contributed by atoms with E-state index in [1.54, 1.807) is 27.8 Å². The number of nitrogens with one attached hydrogen (secondary N) is 1. The Balaban J connectivity index is 3.10. The Morgan fingerprint density at radius 1 is 1.43 bits per heavy atom. The maximum atomic E-state index is 12.4. The fraction of sp³-hybridized carbons (Fsp3) is 0.615. The number of aromatic nitrogens is 1. The number of carbonyl (C=O) groups excluding carboxylic acids is 1. The van der Waals surface area contributed by atoms with Gasteiger partial charge in [0, 0.05) is 32.4 Å². The molecule has 1 rings (SSSR count). The summed E-state index contributed by atoms with van der Waals surface area (Å²) in [4.78, 5) is 12.1. The second kappa shape index (κ2) is 7.06. The summed E-state index contributed by atoms with van der Waals surface area (Å²) >= 11 is 0. The van der Waals surface area contributed by atoms with Gasteiger partial charge in [0.1, 0.15) is 10.6 Å². The van der Waals surface area contributed by atoms with Crippen molar-refractivity contribution in [2.45, 2.75) is 31.7 Å². The van der Waals surface area contributed by atoms with Gasteiger partial charge in [-0.1, -0.05) is 13.8 Å². The van der Waals surface area contributed by atoms with Crippen LogP contribution in [-0.4, -0.2) is 54.0 Å². The SMILES string of the molecule is CCN(CC)S(=O)(=O)c1cc(C(=O)N[C@H](C)CO)n(C)c1. The van der Waals surface area contributed by atoms with Crippen molar-refractivity contribution in [1.29, 1.82) is 0 Å². The maximum Gasteiger partial charge on any atom is 0.268 e. The van der Waals surface area contributed by atoms with Gasteiger partial charge in [0.2, 0.25) is 10.0 Å². The molecule has 21 heavy (non-hydrogen) atoms. The molecule has 0 bridgehead atoms. The van der Waals surface area contributed by atoms with Crippen LogP contribution in [0.4, 0.5) is 0 Å². The van der Waals surface area contributed by atoms with Crippen LogP contribution >= 0.6 is 0 Å². The van der Waals surface area contributed by atoms with Crippen molar-refractivity contribution in [2.24, 2.45) is 7.05 Å². The first-order valence-electron chi connectivity index (χ1n) is 6.86. The van der Waals surface area contributed by atoms with Crippen LogP contribution in [0.3, 0.4) is 0 Å². The van der Waals surface area contributed by atoms with E-state index in [0.29, 0.717) is 13.1 Å². The van der Waals surface area contributed by atoms with Crippen LogP contribution in [0.2, 0.25) is 0 Å². The van der Waals surface area contributed by atoms with Crippen molar-refractivity contribution < 1.29 is 18.3 Å². The molecule has 0 radical (unpaired) electrons. The molecule has 0 aliphatic heterocycles. The Morgan fingerprint density at radius 3 is 2.48 bits per heavy atom. The Hall–Kier alpha value is -1.38. The van der Waals surface area contributed by atoms with E-state index in [4.69, 9.17) is 5.11 Å². The molecular formula is C13H23N3O4S. The highest BCUT2D eigenvalue weighted by atomic mass is 32.2. The van der Waals surface area contributed by atoms with E-state index in [1.165, 1.54) is 21.1 Å². The Bertz CT molecular complexity index is 591. The van der Waals surface area contributed by atoms with Crippen LogP contribution in [0.5, 0.6) is 0 Å². The number of amides is 1. The quantitative estimate of drug-likeness (QED) is 0.750. The summed E-state index contributed by atoms with van der Waals surface area (Å²) in [5.41, 5.74) is 0.237. The first-order chi connectivity index (χ1) is 9.77. The van der Waals surface area contributed by atoms with Gasteiger partial charge in [-0.05, 0) is 13.0 Å². The molecule has 1 aromatic rings. The largest absolute Gasteiger partial charge is 0.394 e. The minimum Gasteiger partial charge on any atom is -0.394 e. The first kappa shape index (κ1) is 17.7. The molecule has 8 heteroatoms. The fourth-order valence-electron chi connectivity index (χ4n) is 1.96. The highest BCUT2D eigenvalue weighted by Crippen LogP contribution is 2.18. The maximum absolute atomic E-state index is 12.4. The molecule has 1 atom stereocenters. The fourth-order valence-corrected chi connectivity index (χ4v) is 3.49. The zero-order chi connectivity index (χ0) is 16.2. The lowest BCUT2D eigenvalue weighted by molar-refractivity contribution is 0.0914. The number of hydrogen-bond donors (Lipinski definition) is 2. The van der Waals surface area contributed by atoms with Crippen LogP contribution in [0.1, 0.15) is 31.3 Å². The Morgan fingerprint density at radius 2 is 2.00 bits per heavy atom. The van der Waals surface area contributed by atoms with Gasteiger partial charge >= 0.3 is 0 Å². The lowest BCUT2D eigenvalue weighted by Gasteiger charge is -2.17. The van der Waals surface area contributed by atoms with Gasteiger partial charge in [-0.2, -0.15) is 4.31 Å². The molecule has 0 saturated heterocycles. The molecule has 0 aliphatic carbocycles. The van der Waals surface area contributed by atoms with Crippen molar-refractivity contribution in [3.63, 3.8) is 0 Å². The summed E-state index contributed by atoms with van der Waals surface area (Å²) in [5, 5.41) is 11.5. The normalized spacial score (nSPS) is 13.4. The van der Waals surface area contributed by atoms with E-state index in [9.17, 15) is 13.2 Å². The average molecular weight is 317 g/mol. The highest BCUT2D eigenvalue weighted by molar-refractivity contribution is 7.89. The van der Waals surface area contributed by atoms with Crippen LogP contribution in [0.25, 0.3) is 0 Å². The van der Waals surface area contributed by atoms with Crippen LogP contribution < -0.4 is 5.32 Å². The predicted octanol–water partition coefficient (Wildman–Crippen LogP) is 0.166. The molecule has 1 amide bonds. The number of aryl methyl sites for hydroxylation is 1. The second-order valence-electron chi connectivity index (χ2n) is 4.82. The summed E-state index contributed by atoms with van der Waals surface area (Å²) in [6.07, 6.45) is 1.42. The molecule has 2 N–H and O–H groups in total. The number of hydrogen-bond acceptors (Lipinski definition) is 4. The van der Waals surface area contributed by atoms with Gasteiger partial charge in [-0.3, -0.25) is 4.79 Å². The van der Waals surface area contributed by atoms with Gasteiger partial charge in [-0.25, -0.2) is 8.42 Å². The summed E-state index contributed by atoms with van der Waals surface area (Å²) < 4.78 is 27.6. The predicted molar refractivity (Wildman–Crippen MR) is 79.5 cm³/mol. The molecule has 0 saturated carbocycles.